The van der Waals surface area contributed by atoms with Crippen LogP contribution in [0.3, 0.4) is 0 Å². The summed E-state index contributed by atoms with van der Waals surface area (Å²) < 4.78 is 0. The molecule has 0 bridgehead atoms. The van der Waals surface area contributed by atoms with Crippen LogP contribution in [0.1, 0.15) is 37.0 Å². The highest BCUT2D eigenvalue weighted by Crippen LogP contribution is 2.38. The molecule has 1 aromatic rings. The standard InChI is InChI=1S/C17H25N3O2S/c21-16(13-2-1-3-13)20-7-5-17(22)4-6-19(9-14(17)10-20)11-15-8-18-12-23-15/h8,12-14,22H,1-7,9-11H2/t14-,17-/m1/s1. The van der Waals surface area contributed by atoms with Crippen LogP contribution in [0.25, 0.3) is 0 Å². The van der Waals surface area contributed by atoms with E-state index in [9.17, 15) is 9.90 Å². The third-order valence-corrected chi connectivity index (χ3v) is 6.75. The van der Waals surface area contributed by atoms with E-state index in [0.29, 0.717) is 5.91 Å². The van der Waals surface area contributed by atoms with Crippen molar-refractivity contribution < 1.29 is 9.90 Å². The average Bonchev–Trinajstić information content (AvgIpc) is 2.98. The number of rotatable bonds is 3. The quantitative estimate of drug-likeness (QED) is 0.914. The Kier molecular flexibility index (Phi) is 4.15. The van der Waals surface area contributed by atoms with Crippen molar-refractivity contribution in [2.75, 3.05) is 26.2 Å². The number of aliphatic hydroxyl groups is 1. The molecule has 3 heterocycles. The van der Waals surface area contributed by atoms with Crippen LogP contribution in [0.2, 0.25) is 0 Å². The Balaban J connectivity index is 1.40. The molecule has 1 aliphatic carbocycles. The zero-order valence-corrected chi connectivity index (χ0v) is 14.3. The summed E-state index contributed by atoms with van der Waals surface area (Å²) in [4.78, 5) is 22.4. The van der Waals surface area contributed by atoms with Crippen LogP contribution in [-0.2, 0) is 11.3 Å². The second-order valence-electron chi connectivity index (χ2n) is 7.42. The number of carbonyl (C=O) groups excluding carboxylic acids is 1. The van der Waals surface area contributed by atoms with E-state index in [1.807, 2.05) is 16.6 Å². The number of carbonyl (C=O) groups is 1. The first-order valence-electron chi connectivity index (χ1n) is 8.75. The third-order valence-electron chi connectivity index (χ3n) is 5.98. The molecule has 1 saturated carbocycles. The summed E-state index contributed by atoms with van der Waals surface area (Å²) in [5.74, 6) is 0.776. The molecular formula is C17H25N3O2S. The molecule has 1 amide bonds. The molecule has 126 valence electrons. The Morgan fingerprint density at radius 3 is 2.87 bits per heavy atom. The maximum absolute atomic E-state index is 12.5. The predicted molar refractivity (Wildman–Crippen MR) is 89.0 cm³/mol. The number of nitrogens with zero attached hydrogens (tertiary/aromatic N) is 3. The highest BCUT2D eigenvalue weighted by molar-refractivity contribution is 7.09. The number of thiazole rings is 1. The first-order chi connectivity index (χ1) is 11.1. The van der Waals surface area contributed by atoms with E-state index < -0.39 is 5.60 Å². The lowest BCUT2D eigenvalue weighted by Crippen LogP contribution is -2.61. The molecule has 0 radical (unpaired) electrons. The van der Waals surface area contributed by atoms with Crippen molar-refractivity contribution in [2.24, 2.45) is 11.8 Å². The number of aromatic nitrogens is 1. The highest BCUT2D eigenvalue weighted by atomic mass is 32.1. The molecule has 5 nitrogen and oxygen atoms in total. The molecule has 4 rings (SSSR count). The third kappa shape index (κ3) is 3.04. The van der Waals surface area contributed by atoms with Gasteiger partial charge in [0.2, 0.25) is 5.91 Å². The second kappa shape index (κ2) is 6.15. The van der Waals surface area contributed by atoms with Gasteiger partial charge in [0, 0.05) is 55.6 Å². The van der Waals surface area contributed by atoms with Gasteiger partial charge in [0.15, 0.2) is 0 Å². The van der Waals surface area contributed by atoms with Crippen molar-refractivity contribution >= 4 is 17.2 Å². The molecule has 2 saturated heterocycles. The second-order valence-corrected chi connectivity index (χ2v) is 8.39. The molecular weight excluding hydrogens is 310 g/mol. The number of fused-ring (bicyclic) bond motifs is 1. The Labute approximate surface area is 141 Å². The summed E-state index contributed by atoms with van der Waals surface area (Å²) in [6.45, 7) is 4.18. The van der Waals surface area contributed by atoms with Gasteiger partial charge in [0.25, 0.3) is 0 Å². The van der Waals surface area contributed by atoms with Crippen molar-refractivity contribution in [3.63, 3.8) is 0 Å². The van der Waals surface area contributed by atoms with Crippen molar-refractivity contribution in [3.05, 3.63) is 16.6 Å². The number of likely N-dealkylation sites (tertiary alicyclic amines) is 2. The Morgan fingerprint density at radius 1 is 1.35 bits per heavy atom. The summed E-state index contributed by atoms with van der Waals surface area (Å²) in [7, 11) is 0. The molecule has 3 fully saturated rings. The van der Waals surface area contributed by atoms with Crippen LogP contribution < -0.4 is 0 Å². The van der Waals surface area contributed by atoms with Crippen LogP contribution in [-0.4, -0.2) is 57.6 Å². The van der Waals surface area contributed by atoms with Crippen LogP contribution in [0.4, 0.5) is 0 Å². The minimum absolute atomic E-state index is 0.182. The molecule has 3 aliphatic rings. The van der Waals surface area contributed by atoms with Gasteiger partial charge in [-0.05, 0) is 25.7 Å². The Hall–Kier alpha value is -0.980. The molecule has 6 heteroatoms. The van der Waals surface area contributed by atoms with E-state index in [-0.39, 0.29) is 11.8 Å². The minimum atomic E-state index is -0.569. The topological polar surface area (TPSA) is 56.7 Å². The van der Waals surface area contributed by atoms with E-state index >= 15 is 0 Å². The van der Waals surface area contributed by atoms with Gasteiger partial charge in [-0.25, -0.2) is 0 Å². The lowest BCUT2D eigenvalue weighted by molar-refractivity contribution is -0.153. The number of amides is 1. The van der Waals surface area contributed by atoms with Crippen LogP contribution >= 0.6 is 11.3 Å². The predicted octanol–water partition coefficient (Wildman–Crippen LogP) is 1.73. The lowest BCUT2D eigenvalue weighted by atomic mass is 9.75. The van der Waals surface area contributed by atoms with Crippen LogP contribution in [0.15, 0.2) is 11.7 Å². The minimum Gasteiger partial charge on any atom is -0.389 e. The zero-order chi connectivity index (χ0) is 15.9. The SMILES string of the molecule is O=C(C1CCC1)N1CC[C@]2(O)CCN(Cc3cncs3)C[C@@H]2C1. The van der Waals surface area contributed by atoms with Gasteiger partial charge in [0.05, 0.1) is 11.1 Å². The lowest BCUT2D eigenvalue weighted by Gasteiger charge is -2.51. The molecule has 2 atom stereocenters. The molecule has 23 heavy (non-hydrogen) atoms. The van der Waals surface area contributed by atoms with Crippen molar-refractivity contribution in [3.8, 4) is 0 Å². The Morgan fingerprint density at radius 2 is 2.17 bits per heavy atom. The van der Waals surface area contributed by atoms with E-state index in [0.717, 1.165) is 58.4 Å². The van der Waals surface area contributed by atoms with Crippen molar-refractivity contribution in [2.45, 2.75) is 44.2 Å². The number of piperidine rings is 2. The van der Waals surface area contributed by atoms with Crippen LogP contribution in [0.5, 0.6) is 0 Å². The molecule has 1 N–H and O–H groups in total. The van der Waals surface area contributed by atoms with E-state index in [2.05, 4.69) is 9.88 Å². The first kappa shape index (κ1) is 15.5. The fourth-order valence-corrected chi connectivity index (χ4v) is 4.81. The van der Waals surface area contributed by atoms with Gasteiger partial charge >= 0.3 is 0 Å². The van der Waals surface area contributed by atoms with E-state index in [1.54, 1.807) is 11.3 Å². The number of hydrogen-bond acceptors (Lipinski definition) is 5. The zero-order valence-electron chi connectivity index (χ0n) is 13.5. The maximum Gasteiger partial charge on any atom is 0.225 e. The van der Waals surface area contributed by atoms with Crippen molar-refractivity contribution in [1.29, 1.82) is 0 Å². The summed E-state index contributed by atoms with van der Waals surface area (Å²) in [6, 6.07) is 0. The van der Waals surface area contributed by atoms with Crippen LogP contribution in [0, 0.1) is 11.8 Å². The van der Waals surface area contributed by atoms with Gasteiger partial charge in [0.1, 0.15) is 0 Å². The fourth-order valence-electron chi connectivity index (χ4n) is 4.17. The Bertz CT molecular complexity index is 560. The van der Waals surface area contributed by atoms with Gasteiger partial charge in [-0.15, -0.1) is 11.3 Å². The number of hydrogen-bond donors (Lipinski definition) is 1. The molecule has 0 spiro atoms. The molecule has 1 aromatic heterocycles. The largest absolute Gasteiger partial charge is 0.389 e. The van der Waals surface area contributed by atoms with E-state index in [4.69, 9.17) is 0 Å². The molecule has 0 unspecified atom stereocenters. The van der Waals surface area contributed by atoms with Gasteiger partial charge in [-0.2, -0.15) is 0 Å². The maximum atomic E-state index is 12.5. The summed E-state index contributed by atoms with van der Waals surface area (Å²) in [5.41, 5.74) is 1.30. The van der Waals surface area contributed by atoms with Gasteiger partial charge in [-0.3, -0.25) is 14.7 Å². The normalized spacial score (nSPS) is 32.4. The van der Waals surface area contributed by atoms with Gasteiger partial charge < -0.3 is 10.0 Å². The summed E-state index contributed by atoms with van der Waals surface area (Å²) >= 11 is 1.69. The molecule has 2 aliphatic heterocycles. The summed E-state index contributed by atoms with van der Waals surface area (Å²) in [6.07, 6.45) is 6.80. The smallest absolute Gasteiger partial charge is 0.225 e. The average molecular weight is 335 g/mol. The van der Waals surface area contributed by atoms with Gasteiger partial charge in [-0.1, -0.05) is 6.42 Å². The highest BCUT2D eigenvalue weighted by Gasteiger charge is 2.46. The fraction of sp³-hybridized carbons (Fsp3) is 0.765. The van der Waals surface area contributed by atoms with E-state index in [1.165, 1.54) is 11.3 Å². The monoisotopic (exact) mass is 335 g/mol. The summed E-state index contributed by atoms with van der Waals surface area (Å²) in [5, 5.41) is 11.0. The first-order valence-corrected chi connectivity index (χ1v) is 9.63. The van der Waals surface area contributed by atoms with Crippen molar-refractivity contribution in [1.82, 2.24) is 14.8 Å². The molecule has 0 aromatic carbocycles.